The zero-order valence-corrected chi connectivity index (χ0v) is 9.65. The average Bonchev–Trinajstić information content (AvgIpc) is 2.72. The molecular formula is C12H20N2O. The molecule has 3 heteroatoms. The molecule has 0 unspecified atom stereocenters. The quantitative estimate of drug-likeness (QED) is 0.641. The Hall–Kier alpha value is -1.09. The normalized spacial score (nSPS) is 10.9. The Labute approximate surface area is 91.7 Å². The van der Waals surface area contributed by atoms with E-state index in [0.29, 0.717) is 0 Å². The second-order valence-electron chi connectivity index (χ2n) is 3.62. The number of carbonyl (C=O) groups excluding carboxylic acids is 1. The maximum Gasteiger partial charge on any atom is 0.166 e. The van der Waals surface area contributed by atoms with E-state index >= 15 is 0 Å². The molecule has 0 aliphatic rings. The molecule has 1 rings (SSSR count). The predicted molar refractivity (Wildman–Crippen MR) is 62.2 cm³/mol. The SMILES string of the molecule is CCN(CC)CCCn1cccc1C=O. The summed E-state index contributed by atoms with van der Waals surface area (Å²) in [5, 5.41) is 0. The highest BCUT2D eigenvalue weighted by Crippen LogP contribution is 2.01. The number of nitrogens with zero attached hydrogens (tertiary/aromatic N) is 2. The summed E-state index contributed by atoms with van der Waals surface area (Å²) < 4.78 is 2.01. The fourth-order valence-corrected chi connectivity index (χ4v) is 1.74. The molecule has 0 bridgehead atoms. The zero-order valence-electron chi connectivity index (χ0n) is 9.65. The Morgan fingerprint density at radius 3 is 2.73 bits per heavy atom. The van der Waals surface area contributed by atoms with Gasteiger partial charge in [0.2, 0.25) is 0 Å². The first kappa shape index (κ1) is 12.0. The molecule has 0 saturated carbocycles. The highest BCUT2D eigenvalue weighted by molar-refractivity contribution is 5.72. The van der Waals surface area contributed by atoms with E-state index in [4.69, 9.17) is 0 Å². The van der Waals surface area contributed by atoms with Crippen molar-refractivity contribution < 1.29 is 4.79 Å². The van der Waals surface area contributed by atoms with Crippen molar-refractivity contribution in [2.24, 2.45) is 0 Å². The lowest BCUT2D eigenvalue weighted by Crippen LogP contribution is -2.24. The van der Waals surface area contributed by atoms with E-state index in [-0.39, 0.29) is 0 Å². The van der Waals surface area contributed by atoms with Crippen LogP contribution in [0.25, 0.3) is 0 Å². The van der Waals surface area contributed by atoms with Crippen LogP contribution in [0.3, 0.4) is 0 Å². The van der Waals surface area contributed by atoms with Crippen molar-refractivity contribution in [1.82, 2.24) is 9.47 Å². The van der Waals surface area contributed by atoms with Gasteiger partial charge < -0.3 is 9.47 Å². The minimum absolute atomic E-state index is 0.773. The van der Waals surface area contributed by atoms with E-state index in [0.717, 1.165) is 44.6 Å². The molecule has 0 saturated heterocycles. The molecule has 15 heavy (non-hydrogen) atoms. The number of aldehydes is 1. The van der Waals surface area contributed by atoms with Gasteiger partial charge in [-0.2, -0.15) is 0 Å². The van der Waals surface area contributed by atoms with Crippen molar-refractivity contribution in [2.45, 2.75) is 26.8 Å². The van der Waals surface area contributed by atoms with Crippen LogP contribution in [0.2, 0.25) is 0 Å². The van der Waals surface area contributed by atoms with Gasteiger partial charge in [-0.05, 0) is 38.2 Å². The Kier molecular flexibility index (Phi) is 5.12. The summed E-state index contributed by atoms with van der Waals surface area (Å²) in [7, 11) is 0. The van der Waals surface area contributed by atoms with E-state index in [1.54, 1.807) is 0 Å². The number of hydrogen-bond acceptors (Lipinski definition) is 2. The monoisotopic (exact) mass is 208 g/mol. The third-order valence-corrected chi connectivity index (χ3v) is 2.75. The smallest absolute Gasteiger partial charge is 0.166 e. The molecule has 0 amide bonds. The van der Waals surface area contributed by atoms with Crippen LogP contribution in [-0.4, -0.2) is 35.4 Å². The number of carbonyl (C=O) groups is 1. The molecule has 1 aromatic rings. The molecule has 1 aromatic heterocycles. The molecule has 0 aliphatic heterocycles. The summed E-state index contributed by atoms with van der Waals surface area (Å²) in [6.45, 7) is 8.58. The topological polar surface area (TPSA) is 25.2 Å². The molecule has 3 nitrogen and oxygen atoms in total. The van der Waals surface area contributed by atoms with Crippen LogP contribution >= 0.6 is 0 Å². The maximum atomic E-state index is 10.7. The van der Waals surface area contributed by atoms with Crippen LogP contribution in [-0.2, 0) is 6.54 Å². The molecule has 0 radical (unpaired) electrons. The van der Waals surface area contributed by atoms with Gasteiger partial charge in [0.25, 0.3) is 0 Å². The lowest BCUT2D eigenvalue weighted by Gasteiger charge is -2.17. The van der Waals surface area contributed by atoms with Gasteiger partial charge in [0.1, 0.15) is 0 Å². The minimum Gasteiger partial charge on any atom is -0.345 e. The van der Waals surface area contributed by atoms with Crippen LogP contribution in [0, 0.1) is 0 Å². The van der Waals surface area contributed by atoms with Gasteiger partial charge in [-0.1, -0.05) is 13.8 Å². The van der Waals surface area contributed by atoms with Gasteiger partial charge >= 0.3 is 0 Å². The molecule has 0 aromatic carbocycles. The van der Waals surface area contributed by atoms with Gasteiger partial charge in [-0.15, -0.1) is 0 Å². The Balaban J connectivity index is 2.34. The van der Waals surface area contributed by atoms with Crippen LogP contribution < -0.4 is 0 Å². The molecule has 0 atom stereocenters. The second kappa shape index (κ2) is 6.40. The van der Waals surface area contributed by atoms with Crippen molar-refractivity contribution >= 4 is 6.29 Å². The summed E-state index contributed by atoms with van der Waals surface area (Å²) in [5.41, 5.74) is 0.773. The molecule has 0 fully saturated rings. The van der Waals surface area contributed by atoms with Crippen LogP contribution in [0.1, 0.15) is 30.8 Å². The highest BCUT2D eigenvalue weighted by atomic mass is 16.1. The summed E-state index contributed by atoms with van der Waals surface area (Å²) in [6.07, 6.45) is 3.97. The first-order valence-corrected chi connectivity index (χ1v) is 5.64. The fourth-order valence-electron chi connectivity index (χ4n) is 1.74. The molecule has 0 spiro atoms. The molecule has 0 aliphatic carbocycles. The van der Waals surface area contributed by atoms with Gasteiger partial charge in [-0.3, -0.25) is 4.79 Å². The average molecular weight is 208 g/mol. The highest BCUT2D eigenvalue weighted by Gasteiger charge is 2.01. The number of rotatable bonds is 7. The van der Waals surface area contributed by atoms with E-state index in [9.17, 15) is 4.79 Å². The fraction of sp³-hybridized carbons (Fsp3) is 0.583. The van der Waals surface area contributed by atoms with Crippen molar-refractivity contribution in [2.75, 3.05) is 19.6 Å². The van der Waals surface area contributed by atoms with Gasteiger partial charge in [0.05, 0.1) is 5.69 Å². The van der Waals surface area contributed by atoms with Crippen molar-refractivity contribution in [1.29, 1.82) is 0 Å². The zero-order chi connectivity index (χ0) is 11.1. The Morgan fingerprint density at radius 1 is 1.40 bits per heavy atom. The summed E-state index contributed by atoms with van der Waals surface area (Å²) in [5.74, 6) is 0. The first-order valence-electron chi connectivity index (χ1n) is 5.64. The maximum absolute atomic E-state index is 10.7. The third kappa shape index (κ3) is 3.51. The molecule has 0 N–H and O–H groups in total. The standard InChI is InChI=1S/C12H20N2O/c1-3-13(4-2)8-6-10-14-9-5-7-12(14)11-15/h5,7,9,11H,3-4,6,8,10H2,1-2H3. The summed E-state index contributed by atoms with van der Waals surface area (Å²) >= 11 is 0. The number of aryl methyl sites for hydroxylation is 1. The Morgan fingerprint density at radius 2 is 2.13 bits per heavy atom. The summed E-state index contributed by atoms with van der Waals surface area (Å²) in [4.78, 5) is 13.1. The van der Waals surface area contributed by atoms with Crippen molar-refractivity contribution in [3.8, 4) is 0 Å². The van der Waals surface area contributed by atoms with Gasteiger partial charge in [-0.25, -0.2) is 0 Å². The third-order valence-electron chi connectivity index (χ3n) is 2.75. The van der Waals surface area contributed by atoms with Crippen LogP contribution in [0.5, 0.6) is 0 Å². The largest absolute Gasteiger partial charge is 0.345 e. The predicted octanol–water partition coefficient (Wildman–Crippen LogP) is 2.03. The second-order valence-corrected chi connectivity index (χ2v) is 3.62. The van der Waals surface area contributed by atoms with Crippen molar-refractivity contribution in [3.63, 3.8) is 0 Å². The van der Waals surface area contributed by atoms with E-state index in [1.807, 2.05) is 22.9 Å². The first-order chi connectivity index (χ1) is 7.31. The lowest BCUT2D eigenvalue weighted by atomic mass is 10.3. The Bertz CT molecular complexity index is 290. The summed E-state index contributed by atoms with van der Waals surface area (Å²) in [6, 6.07) is 3.77. The molecular weight excluding hydrogens is 188 g/mol. The minimum atomic E-state index is 0.773. The van der Waals surface area contributed by atoms with E-state index in [2.05, 4.69) is 18.7 Å². The van der Waals surface area contributed by atoms with E-state index in [1.165, 1.54) is 0 Å². The van der Waals surface area contributed by atoms with Gasteiger partial charge in [0.15, 0.2) is 6.29 Å². The van der Waals surface area contributed by atoms with Crippen LogP contribution in [0.15, 0.2) is 18.3 Å². The molecule has 84 valence electrons. The van der Waals surface area contributed by atoms with Crippen LogP contribution in [0.4, 0.5) is 0 Å². The van der Waals surface area contributed by atoms with Crippen molar-refractivity contribution in [3.05, 3.63) is 24.0 Å². The molecule has 1 heterocycles. The number of aromatic nitrogens is 1. The number of hydrogen-bond donors (Lipinski definition) is 0. The van der Waals surface area contributed by atoms with E-state index < -0.39 is 0 Å². The lowest BCUT2D eigenvalue weighted by molar-refractivity contribution is 0.111. The van der Waals surface area contributed by atoms with Gasteiger partial charge in [0, 0.05) is 12.7 Å².